The van der Waals surface area contributed by atoms with Gasteiger partial charge in [0.25, 0.3) is 0 Å². The van der Waals surface area contributed by atoms with Crippen LogP contribution in [0.5, 0.6) is 5.75 Å². The topological polar surface area (TPSA) is 26.3 Å². The summed E-state index contributed by atoms with van der Waals surface area (Å²) >= 11 is 0. The zero-order valence-corrected chi connectivity index (χ0v) is 7.63. The van der Waals surface area contributed by atoms with Crippen LogP contribution in [0.25, 0.3) is 0 Å². The van der Waals surface area contributed by atoms with Crippen LogP contribution >= 0.6 is 0 Å². The molecule has 0 saturated heterocycles. The molecule has 0 bridgehead atoms. The molecular weight excluding hydrogens is 171 g/mol. The lowest BCUT2D eigenvalue weighted by Crippen LogP contribution is -2.07. The minimum Gasteiger partial charge on any atom is -0.483 e. The minimum atomic E-state index is -0.429. The summed E-state index contributed by atoms with van der Waals surface area (Å²) in [7, 11) is 0. The van der Waals surface area contributed by atoms with Crippen molar-refractivity contribution >= 4 is 5.78 Å². The van der Waals surface area contributed by atoms with E-state index in [2.05, 4.69) is 0 Å². The molecule has 1 rings (SSSR count). The molecule has 3 heteroatoms. The number of carbonyl (C=O) groups is 1. The smallest absolute Gasteiger partial charge is 0.167 e. The Morgan fingerprint density at radius 1 is 1.54 bits per heavy atom. The van der Waals surface area contributed by atoms with Gasteiger partial charge in [-0.2, -0.15) is 0 Å². The van der Waals surface area contributed by atoms with Gasteiger partial charge in [0.05, 0.1) is 0 Å². The van der Waals surface area contributed by atoms with Gasteiger partial charge in [-0.15, -0.1) is 0 Å². The molecule has 0 aliphatic rings. The number of Topliss-reactive ketones (excluding diaryl/α,β-unsaturated/α-hetero) is 1. The molecule has 0 aliphatic carbocycles. The van der Waals surface area contributed by atoms with Gasteiger partial charge in [-0.05, 0) is 31.5 Å². The molecule has 70 valence electrons. The summed E-state index contributed by atoms with van der Waals surface area (Å²) in [6, 6.07) is 4.63. The zero-order chi connectivity index (χ0) is 9.84. The van der Waals surface area contributed by atoms with Gasteiger partial charge in [-0.3, -0.25) is 4.79 Å². The molecule has 0 spiro atoms. The van der Waals surface area contributed by atoms with Crippen LogP contribution in [-0.4, -0.2) is 12.4 Å². The van der Waals surface area contributed by atoms with Gasteiger partial charge in [-0.25, -0.2) is 4.39 Å². The van der Waals surface area contributed by atoms with Crippen molar-refractivity contribution in [1.82, 2.24) is 0 Å². The Kier molecular flexibility index (Phi) is 3.01. The second kappa shape index (κ2) is 4.03. The van der Waals surface area contributed by atoms with E-state index < -0.39 is 5.82 Å². The monoisotopic (exact) mass is 182 g/mol. The first-order valence-corrected chi connectivity index (χ1v) is 3.98. The van der Waals surface area contributed by atoms with Gasteiger partial charge in [0.2, 0.25) is 0 Å². The van der Waals surface area contributed by atoms with Crippen LogP contribution < -0.4 is 4.74 Å². The zero-order valence-electron chi connectivity index (χ0n) is 7.63. The van der Waals surface area contributed by atoms with Gasteiger partial charge < -0.3 is 4.74 Å². The normalized spacial score (nSPS) is 9.77. The number of ketones is 1. The van der Waals surface area contributed by atoms with E-state index in [9.17, 15) is 9.18 Å². The Bertz CT molecular complexity index is 321. The van der Waals surface area contributed by atoms with E-state index in [4.69, 9.17) is 4.74 Å². The summed E-state index contributed by atoms with van der Waals surface area (Å²) in [6.07, 6.45) is 0. The maximum Gasteiger partial charge on any atom is 0.167 e. The third-order valence-corrected chi connectivity index (χ3v) is 1.52. The Balaban J connectivity index is 2.72. The van der Waals surface area contributed by atoms with Gasteiger partial charge in [0, 0.05) is 0 Å². The van der Waals surface area contributed by atoms with Crippen LogP contribution in [-0.2, 0) is 4.79 Å². The van der Waals surface area contributed by atoms with E-state index in [1.165, 1.54) is 19.1 Å². The van der Waals surface area contributed by atoms with E-state index in [1.54, 1.807) is 13.0 Å². The third-order valence-electron chi connectivity index (χ3n) is 1.52. The number of hydrogen-bond donors (Lipinski definition) is 0. The fourth-order valence-electron chi connectivity index (χ4n) is 0.902. The Hall–Kier alpha value is -1.38. The lowest BCUT2D eigenvalue weighted by Gasteiger charge is -2.04. The molecule has 0 aromatic heterocycles. The minimum absolute atomic E-state index is 0.0834. The molecule has 0 atom stereocenters. The van der Waals surface area contributed by atoms with Gasteiger partial charge in [0.1, 0.15) is 6.61 Å². The predicted octanol–water partition coefficient (Wildman–Crippen LogP) is 2.10. The van der Waals surface area contributed by atoms with Gasteiger partial charge in [0.15, 0.2) is 17.3 Å². The standard InChI is InChI=1S/C10H11FO2/c1-7-3-4-10(9(11)5-7)13-6-8(2)12/h3-5H,6H2,1-2H3. The first-order chi connectivity index (χ1) is 6.09. The Morgan fingerprint density at radius 2 is 2.23 bits per heavy atom. The summed E-state index contributed by atoms with van der Waals surface area (Å²) < 4.78 is 18.0. The van der Waals surface area contributed by atoms with Crippen molar-refractivity contribution in [2.24, 2.45) is 0 Å². The number of hydrogen-bond acceptors (Lipinski definition) is 2. The molecule has 2 nitrogen and oxygen atoms in total. The van der Waals surface area contributed by atoms with Gasteiger partial charge >= 0.3 is 0 Å². The molecule has 1 aromatic carbocycles. The van der Waals surface area contributed by atoms with Crippen LogP contribution in [0.1, 0.15) is 12.5 Å². The maximum absolute atomic E-state index is 13.1. The first-order valence-electron chi connectivity index (χ1n) is 3.98. The van der Waals surface area contributed by atoms with Crippen LogP contribution in [0, 0.1) is 12.7 Å². The summed E-state index contributed by atoms with van der Waals surface area (Å²) in [5, 5.41) is 0. The molecule has 1 aromatic rings. The van der Waals surface area contributed by atoms with Crippen molar-refractivity contribution in [3.8, 4) is 5.75 Å². The first kappa shape index (κ1) is 9.71. The van der Waals surface area contributed by atoms with Gasteiger partial charge in [-0.1, -0.05) is 6.07 Å². The molecule has 0 amide bonds. The maximum atomic E-state index is 13.1. The highest BCUT2D eigenvalue weighted by Crippen LogP contribution is 2.17. The molecule has 0 saturated carbocycles. The van der Waals surface area contributed by atoms with Crippen molar-refractivity contribution in [2.45, 2.75) is 13.8 Å². The largest absolute Gasteiger partial charge is 0.483 e. The van der Waals surface area contributed by atoms with Crippen molar-refractivity contribution in [2.75, 3.05) is 6.61 Å². The van der Waals surface area contributed by atoms with Crippen molar-refractivity contribution in [3.63, 3.8) is 0 Å². The number of halogens is 1. The number of ether oxygens (including phenoxy) is 1. The van der Waals surface area contributed by atoms with Crippen LogP contribution in [0.4, 0.5) is 4.39 Å². The van der Waals surface area contributed by atoms with Crippen molar-refractivity contribution in [1.29, 1.82) is 0 Å². The van der Waals surface area contributed by atoms with E-state index >= 15 is 0 Å². The fourth-order valence-corrected chi connectivity index (χ4v) is 0.902. The molecule has 0 N–H and O–H groups in total. The molecule has 13 heavy (non-hydrogen) atoms. The van der Waals surface area contributed by atoms with Crippen LogP contribution in [0.2, 0.25) is 0 Å². The lowest BCUT2D eigenvalue weighted by atomic mass is 10.2. The number of benzene rings is 1. The average molecular weight is 182 g/mol. The van der Waals surface area contributed by atoms with E-state index in [0.29, 0.717) is 0 Å². The summed E-state index contributed by atoms with van der Waals surface area (Å²) in [5.74, 6) is -0.429. The average Bonchev–Trinajstić information content (AvgIpc) is 2.02. The summed E-state index contributed by atoms with van der Waals surface area (Å²) in [6.45, 7) is 3.10. The van der Waals surface area contributed by atoms with Crippen molar-refractivity contribution < 1.29 is 13.9 Å². The Morgan fingerprint density at radius 3 is 2.77 bits per heavy atom. The second-order valence-electron chi connectivity index (χ2n) is 2.92. The second-order valence-corrected chi connectivity index (χ2v) is 2.92. The Labute approximate surface area is 76.3 Å². The molecule has 0 unspecified atom stereocenters. The van der Waals surface area contributed by atoms with E-state index in [0.717, 1.165) is 5.56 Å². The molecule has 0 fully saturated rings. The fraction of sp³-hybridized carbons (Fsp3) is 0.300. The van der Waals surface area contributed by atoms with Crippen LogP contribution in [0.15, 0.2) is 18.2 Å². The SMILES string of the molecule is CC(=O)COc1ccc(C)cc1F. The quantitative estimate of drug-likeness (QED) is 0.715. The molecular formula is C10H11FO2. The predicted molar refractivity (Wildman–Crippen MR) is 47.3 cm³/mol. The van der Waals surface area contributed by atoms with E-state index in [-0.39, 0.29) is 18.1 Å². The highest BCUT2D eigenvalue weighted by atomic mass is 19.1. The molecule has 0 radical (unpaired) electrons. The summed E-state index contributed by atoms with van der Waals surface area (Å²) in [5.41, 5.74) is 0.827. The molecule has 0 heterocycles. The summed E-state index contributed by atoms with van der Waals surface area (Å²) in [4.78, 5) is 10.5. The van der Waals surface area contributed by atoms with Crippen LogP contribution in [0.3, 0.4) is 0 Å². The number of carbonyl (C=O) groups excluding carboxylic acids is 1. The highest BCUT2D eigenvalue weighted by molar-refractivity contribution is 5.77. The lowest BCUT2D eigenvalue weighted by molar-refractivity contribution is -0.118. The highest BCUT2D eigenvalue weighted by Gasteiger charge is 2.03. The molecule has 0 aliphatic heterocycles. The number of rotatable bonds is 3. The third kappa shape index (κ3) is 2.86. The van der Waals surface area contributed by atoms with Crippen molar-refractivity contribution in [3.05, 3.63) is 29.6 Å². The van der Waals surface area contributed by atoms with E-state index in [1.807, 2.05) is 0 Å². The number of aryl methyl sites for hydroxylation is 1.